The molecule has 3 nitrogen and oxygen atoms in total. The molecule has 1 aromatic carbocycles. The van der Waals surface area contributed by atoms with E-state index in [2.05, 4.69) is 10.2 Å². The number of hydrogen-bond acceptors (Lipinski definition) is 3. The first kappa shape index (κ1) is 12.5. The maximum atomic E-state index is 6.15. The molecule has 1 N–H and O–H groups in total. The summed E-state index contributed by atoms with van der Waals surface area (Å²) in [5, 5.41) is 4.66. The van der Waals surface area contributed by atoms with Gasteiger partial charge in [-0.25, -0.2) is 0 Å². The summed E-state index contributed by atoms with van der Waals surface area (Å²) >= 11 is 12.2. The first-order valence-corrected chi connectivity index (χ1v) is 7.05. The van der Waals surface area contributed by atoms with Gasteiger partial charge in [0.15, 0.2) is 0 Å². The molecular weight excluding hydrogens is 271 g/mol. The van der Waals surface area contributed by atoms with Gasteiger partial charge in [0, 0.05) is 49.7 Å². The third-order valence-electron chi connectivity index (χ3n) is 3.49. The van der Waals surface area contributed by atoms with Crippen LogP contribution in [0.4, 0.5) is 0 Å². The van der Waals surface area contributed by atoms with E-state index in [-0.39, 0.29) is 6.10 Å². The van der Waals surface area contributed by atoms with Crippen LogP contribution >= 0.6 is 23.2 Å². The van der Waals surface area contributed by atoms with Crippen molar-refractivity contribution in [2.75, 3.05) is 32.7 Å². The van der Waals surface area contributed by atoms with Gasteiger partial charge in [0.1, 0.15) is 11.9 Å². The fraction of sp³-hybridized carbons (Fsp3) is 0.538. The van der Waals surface area contributed by atoms with Crippen molar-refractivity contribution in [3.05, 3.63) is 27.7 Å². The van der Waals surface area contributed by atoms with Gasteiger partial charge in [-0.2, -0.15) is 0 Å². The second-order valence-corrected chi connectivity index (χ2v) is 5.71. The highest BCUT2D eigenvalue weighted by Crippen LogP contribution is 2.38. The van der Waals surface area contributed by atoms with Crippen molar-refractivity contribution in [2.24, 2.45) is 0 Å². The maximum Gasteiger partial charge on any atom is 0.141 e. The smallest absolute Gasteiger partial charge is 0.141 e. The fourth-order valence-corrected chi connectivity index (χ4v) is 3.21. The summed E-state index contributed by atoms with van der Waals surface area (Å²) in [5.41, 5.74) is 1.13. The summed E-state index contributed by atoms with van der Waals surface area (Å²) in [6.45, 7) is 5.26. The van der Waals surface area contributed by atoms with Crippen molar-refractivity contribution < 1.29 is 4.74 Å². The molecule has 0 radical (unpaired) electrons. The number of fused-ring (bicyclic) bond motifs is 1. The Kier molecular flexibility index (Phi) is 3.66. The first-order valence-electron chi connectivity index (χ1n) is 6.30. The van der Waals surface area contributed by atoms with Crippen LogP contribution in [0.5, 0.6) is 5.75 Å². The molecule has 1 saturated heterocycles. The Balaban J connectivity index is 1.67. The van der Waals surface area contributed by atoms with Crippen LogP contribution in [0.25, 0.3) is 0 Å². The number of halogens is 2. The van der Waals surface area contributed by atoms with Crippen LogP contribution in [0.15, 0.2) is 12.1 Å². The molecule has 18 heavy (non-hydrogen) atoms. The standard InChI is InChI=1S/C13H16Cl2N2O/c14-10-5-9-6-11(18-13(9)12(15)7-10)8-17-3-1-16-2-4-17/h5,7,11,16H,1-4,6,8H2. The minimum Gasteiger partial charge on any atom is -0.487 e. The summed E-state index contributed by atoms with van der Waals surface area (Å²) in [5.74, 6) is 0.821. The topological polar surface area (TPSA) is 24.5 Å². The molecule has 2 heterocycles. The monoisotopic (exact) mass is 286 g/mol. The average Bonchev–Trinajstić information content (AvgIpc) is 2.73. The SMILES string of the molecule is Clc1cc(Cl)c2c(c1)CC(CN1CCNCC1)O2. The van der Waals surface area contributed by atoms with Gasteiger partial charge in [-0.1, -0.05) is 23.2 Å². The van der Waals surface area contributed by atoms with Crippen molar-refractivity contribution in [3.63, 3.8) is 0 Å². The second kappa shape index (κ2) is 5.25. The minimum absolute atomic E-state index is 0.203. The normalized spacial score (nSPS) is 23.8. The zero-order valence-electron chi connectivity index (χ0n) is 10.1. The molecule has 0 amide bonds. The Hall–Kier alpha value is -0.480. The Morgan fingerprint density at radius 2 is 2.06 bits per heavy atom. The van der Waals surface area contributed by atoms with E-state index in [0.717, 1.165) is 50.5 Å². The van der Waals surface area contributed by atoms with Gasteiger partial charge in [-0.15, -0.1) is 0 Å². The van der Waals surface area contributed by atoms with Crippen LogP contribution in [-0.4, -0.2) is 43.7 Å². The van der Waals surface area contributed by atoms with E-state index in [1.807, 2.05) is 6.07 Å². The van der Waals surface area contributed by atoms with Gasteiger partial charge >= 0.3 is 0 Å². The molecular formula is C13H16Cl2N2O. The molecule has 3 rings (SSSR count). The predicted octanol–water partition coefficient (Wildman–Crippen LogP) is 2.20. The molecule has 0 aromatic heterocycles. The molecule has 1 unspecified atom stereocenters. The maximum absolute atomic E-state index is 6.15. The third-order valence-corrected chi connectivity index (χ3v) is 3.99. The minimum atomic E-state index is 0.203. The summed E-state index contributed by atoms with van der Waals surface area (Å²) in [6, 6.07) is 3.70. The van der Waals surface area contributed by atoms with E-state index in [1.54, 1.807) is 6.07 Å². The van der Waals surface area contributed by atoms with Crippen molar-refractivity contribution in [1.29, 1.82) is 0 Å². The van der Waals surface area contributed by atoms with Crippen molar-refractivity contribution in [2.45, 2.75) is 12.5 Å². The fourth-order valence-electron chi connectivity index (χ4n) is 2.63. The van der Waals surface area contributed by atoms with E-state index in [9.17, 15) is 0 Å². The van der Waals surface area contributed by atoms with Gasteiger partial charge < -0.3 is 10.1 Å². The van der Waals surface area contributed by atoms with Crippen LogP contribution < -0.4 is 10.1 Å². The zero-order chi connectivity index (χ0) is 12.5. The lowest BCUT2D eigenvalue weighted by atomic mass is 10.1. The van der Waals surface area contributed by atoms with Crippen LogP contribution in [-0.2, 0) is 6.42 Å². The zero-order valence-corrected chi connectivity index (χ0v) is 11.6. The Bertz CT molecular complexity index is 447. The molecule has 1 aromatic rings. The number of nitrogens with one attached hydrogen (secondary N) is 1. The van der Waals surface area contributed by atoms with Gasteiger partial charge in [-0.3, -0.25) is 4.90 Å². The van der Waals surface area contributed by atoms with Crippen LogP contribution in [0, 0.1) is 0 Å². The largest absolute Gasteiger partial charge is 0.487 e. The highest BCUT2D eigenvalue weighted by Gasteiger charge is 2.27. The summed E-state index contributed by atoms with van der Waals surface area (Å²) < 4.78 is 5.94. The van der Waals surface area contributed by atoms with Gasteiger partial charge in [0.25, 0.3) is 0 Å². The second-order valence-electron chi connectivity index (χ2n) is 4.87. The molecule has 2 aliphatic heterocycles. The number of piperazine rings is 1. The van der Waals surface area contributed by atoms with E-state index in [0.29, 0.717) is 10.0 Å². The number of nitrogens with zero attached hydrogens (tertiary/aromatic N) is 1. The van der Waals surface area contributed by atoms with E-state index in [1.165, 1.54) is 0 Å². The average molecular weight is 287 g/mol. The third kappa shape index (κ3) is 2.59. The van der Waals surface area contributed by atoms with E-state index < -0.39 is 0 Å². The molecule has 2 aliphatic rings. The molecule has 5 heteroatoms. The van der Waals surface area contributed by atoms with E-state index in [4.69, 9.17) is 27.9 Å². The molecule has 1 atom stereocenters. The lowest BCUT2D eigenvalue weighted by Gasteiger charge is -2.29. The highest BCUT2D eigenvalue weighted by molar-refractivity contribution is 6.35. The van der Waals surface area contributed by atoms with Gasteiger partial charge in [0.2, 0.25) is 0 Å². The lowest BCUT2D eigenvalue weighted by Crippen LogP contribution is -2.47. The predicted molar refractivity (Wildman–Crippen MR) is 73.9 cm³/mol. The van der Waals surface area contributed by atoms with E-state index >= 15 is 0 Å². The Morgan fingerprint density at radius 3 is 2.83 bits per heavy atom. The number of ether oxygens (including phenoxy) is 1. The molecule has 1 fully saturated rings. The Morgan fingerprint density at radius 1 is 1.28 bits per heavy atom. The molecule has 0 saturated carbocycles. The summed E-state index contributed by atoms with van der Waals surface area (Å²) in [6.07, 6.45) is 1.11. The van der Waals surface area contributed by atoms with Crippen LogP contribution in [0.3, 0.4) is 0 Å². The van der Waals surface area contributed by atoms with Gasteiger partial charge in [-0.05, 0) is 12.1 Å². The molecule has 0 aliphatic carbocycles. The molecule has 98 valence electrons. The van der Waals surface area contributed by atoms with Crippen molar-refractivity contribution >= 4 is 23.2 Å². The van der Waals surface area contributed by atoms with Crippen LogP contribution in [0.1, 0.15) is 5.56 Å². The number of rotatable bonds is 2. The Labute approximate surface area is 117 Å². The molecule has 0 bridgehead atoms. The summed E-state index contributed by atoms with van der Waals surface area (Å²) in [4.78, 5) is 2.43. The first-order chi connectivity index (χ1) is 8.72. The quantitative estimate of drug-likeness (QED) is 0.902. The molecule has 0 spiro atoms. The number of hydrogen-bond donors (Lipinski definition) is 1. The number of benzene rings is 1. The highest BCUT2D eigenvalue weighted by atomic mass is 35.5. The lowest BCUT2D eigenvalue weighted by molar-refractivity contribution is 0.140. The summed E-state index contributed by atoms with van der Waals surface area (Å²) in [7, 11) is 0. The van der Waals surface area contributed by atoms with Crippen molar-refractivity contribution in [1.82, 2.24) is 10.2 Å². The van der Waals surface area contributed by atoms with Crippen molar-refractivity contribution in [3.8, 4) is 5.75 Å². The van der Waals surface area contributed by atoms with Crippen LogP contribution in [0.2, 0.25) is 10.0 Å². The van der Waals surface area contributed by atoms with Gasteiger partial charge in [0.05, 0.1) is 5.02 Å².